The molecule has 0 unspecified atom stereocenters. The molecule has 6 heteroatoms. The summed E-state index contributed by atoms with van der Waals surface area (Å²) >= 11 is 3.25. The number of aryl methyl sites for hydroxylation is 2. The first-order chi connectivity index (χ1) is 11.7. The SMILES string of the molecule is Cc1nc(CCNC(=O)CCc2nc(-c3ccccc3)cs2)cs1. The second-order valence-corrected chi connectivity index (χ2v) is 7.46. The van der Waals surface area contributed by atoms with Crippen molar-refractivity contribution in [1.82, 2.24) is 15.3 Å². The molecule has 0 aliphatic rings. The fraction of sp³-hybridized carbons (Fsp3) is 0.278. The summed E-state index contributed by atoms with van der Waals surface area (Å²) in [6.07, 6.45) is 1.93. The Morgan fingerprint density at radius 3 is 2.67 bits per heavy atom. The van der Waals surface area contributed by atoms with Crippen molar-refractivity contribution in [1.29, 1.82) is 0 Å². The van der Waals surface area contributed by atoms with Crippen LogP contribution in [0.15, 0.2) is 41.1 Å². The molecule has 0 radical (unpaired) electrons. The van der Waals surface area contributed by atoms with Crippen LogP contribution >= 0.6 is 22.7 Å². The molecule has 1 N–H and O–H groups in total. The summed E-state index contributed by atoms with van der Waals surface area (Å²) in [6, 6.07) is 10.1. The molecule has 1 aromatic carbocycles. The van der Waals surface area contributed by atoms with E-state index < -0.39 is 0 Å². The molecule has 2 aromatic heterocycles. The van der Waals surface area contributed by atoms with Gasteiger partial charge in [-0.2, -0.15) is 0 Å². The monoisotopic (exact) mass is 357 g/mol. The van der Waals surface area contributed by atoms with E-state index in [0.29, 0.717) is 19.4 Å². The van der Waals surface area contributed by atoms with Crippen molar-refractivity contribution in [3.05, 3.63) is 56.8 Å². The Bertz CT molecular complexity index is 795. The van der Waals surface area contributed by atoms with Gasteiger partial charge in [-0.05, 0) is 6.92 Å². The molecule has 24 heavy (non-hydrogen) atoms. The van der Waals surface area contributed by atoms with Crippen molar-refractivity contribution < 1.29 is 4.79 Å². The number of carbonyl (C=O) groups excluding carboxylic acids is 1. The van der Waals surface area contributed by atoms with E-state index in [4.69, 9.17) is 0 Å². The van der Waals surface area contributed by atoms with Gasteiger partial charge in [0.05, 0.1) is 21.4 Å². The normalized spacial score (nSPS) is 10.7. The zero-order valence-corrected chi connectivity index (χ0v) is 15.1. The number of nitrogens with zero attached hydrogens (tertiary/aromatic N) is 2. The fourth-order valence-electron chi connectivity index (χ4n) is 2.33. The summed E-state index contributed by atoms with van der Waals surface area (Å²) in [5.41, 5.74) is 3.14. The van der Waals surface area contributed by atoms with Gasteiger partial charge in [0, 0.05) is 42.1 Å². The van der Waals surface area contributed by atoms with Crippen LogP contribution in [0.4, 0.5) is 0 Å². The summed E-state index contributed by atoms with van der Waals surface area (Å²) in [5, 5.41) is 9.11. The number of benzene rings is 1. The number of amides is 1. The van der Waals surface area contributed by atoms with Crippen molar-refractivity contribution in [3.8, 4) is 11.3 Å². The maximum atomic E-state index is 11.9. The molecule has 3 rings (SSSR count). The Balaban J connectivity index is 1.42. The highest BCUT2D eigenvalue weighted by molar-refractivity contribution is 7.10. The number of nitrogens with one attached hydrogen (secondary N) is 1. The van der Waals surface area contributed by atoms with E-state index in [1.165, 1.54) is 0 Å². The molecule has 3 aromatic rings. The van der Waals surface area contributed by atoms with Gasteiger partial charge in [0.1, 0.15) is 0 Å². The van der Waals surface area contributed by atoms with Gasteiger partial charge in [-0.3, -0.25) is 4.79 Å². The summed E-state index contributed by atoms with van der Waals surface area (Å²) in [4.78, 5) is 20.9. The van der Waals surface area contributed by atoms with Crippen LogP contribution in [-0.2, 0) is 17.6 Å². The number of carbonyl (C=O) groups is 1. The highest BCUT2D eigenvalue weighted by atomic mass is 32.1. The van der Waals surface area contributed by atoms with Gasteiger partial charge < -0.3 is 5.32 Å². The van der Waals surface area contributed by atoms with E-state index in [1.807, 2.05) is 48.0 Å². The van der Waals surface area contributed by atoms with Crippen LogP contribution in [0.5, 0.6) is 0 Å². The molecule has 1 amide bonds. The minimum atomic E-state index is 0.0680. The second-order valence-electron chi connectivity index (χ2n) is 5.45. The van der Waals surface area contributed by atoms with E-state index >= 15 is 0 Å². The molecule has 0 fully saturated rings. The van der Waals surface area contributed by atoms with Crippen LogP contribution in [0.3, 0.4) is 0 Å². The maximum absolute atomic E-state index is 11.9. The van der Waals surface area contributed by atoms with E-state index in [-0.39, 0.29) is 5.91 Å². The lowest BCUT2D eigenvalue weighted by Crippen LogP contribution is -2.25. The molecule has 0 spiro atoms. The summed E-state index contributed by atoms with van der Waals surface area (Å²) < 4.78 is 0. The van der Waals surface area contributed by atoms with Gasteiger partial charge in [-0.1, -0.05) is 30.3 Å². The largest absolute Gasteiger partial charge is 0.356 e. The van der Waals surface area contributed by atoms with E-state index in [9.17, 15) is 4.79 Å². The summed E-state index contributed by atoms with van der Waals surface area (Å²) in [5.74, 6) is 0.0680. The first kappa shape index (κ1) is 16.8. The lowest BCUT2D eigenvalue weighted by atomic mass is 10.2. The molecular formula is C18H19N3OS2. The zero-order chi connectivity index (χ0) is 16.8. The minimum Gasteiger partial charge on any atom is -0.356 e. The molecule has 2 heterocycles. The van der Waals surface area contributed by atoms with Gasteiger partial charge in [0.15, 0.2) is 0 Å². The van der Waals surface area contributed by atoms with Gasteiger partial charge in [-0.25, -0.2) is 9.97 Å². The number of rotatable bonds is 7. The third kappa shape index (κ3) is 4.72. The highest BCUT2D eigenvalue weighted by Gasteiger charge is 2.07. The number of hydrogen-bond acceptors (Lipinski definition) is 5. The average molecular weight is 358 g/mol. The topological polar surface area (TPSA) is 54.9 Å². The van der Waals surface area contributed by atoms with Crippen molar-refractivity contribution in [2.45, 2.75) is 26.2 Å². The first-order valence-corrected chi connectivity index (χ1v) is 9.64. The standard InChI is InChI=1S/C18H19N3OS2/c1-13-20-15(11-23-13)9-10-19-17(22)7-8-18-21-16(12-24-18)14-5-3-2-4-6-14/h2-6,11-12H,7-10H2,1H3,(H,19,22). The van der Waals surface area contributed by atoms with E-state index in [0.717, 1.165) is 33.4 Å². The predicted octanol–water partition coefficient (Wildman–Crippen LogP) is 3.87. The quantitative estimate of drug-likeness (QED) is 0.698. The molecule has 0 saturated heterocycles. The van der Waals surface area contributed by atoms with Crippen molar-refractivity contribution in [3.63, 3.8) is 0 Å². The van der Waals surface area contributed by atoms with Gasteiger partial charge in [0.25, 0.3) is 0 Å². The molecular weight excluding hydrogens is 338 g/mol. The van der Waals surface area contributed by atoms with Crippen LogP contribution in [0, 0.1) is 6.92 Å². The smallest absolute Gasteiger partial charge is 0.220 e. The number of aromatic nitrogens is 2. The molecule has 124 valence electrons. The molecule has 4 nitrogen and oxygen atoms in total. The van der Waals surface area contributed by atoms with Crippen molar-refractivity contribution in [2.24, 2.45) is 0 Å². The Morgan fingerprint density at radius 2 is 1.92 bits per heavy atom. The molecule has 0 atom stereocenters. The average Bonchev–Trinajstić information content (AvgIpc) is 3.23. The molecule has 0 bridgehead atoms. The summed E-state index contributed by atoms with van der Waals surface area (Å²) in [6.45, 7) is 2.62. The number of thiazole rings is 2. The van der Waals surface area contributed by atoms with E-state index in [1.54, 1.807) is 22.7 Å². The Hall–Kier alpha value is -2.05. The third-order valence-electron chi connectivity index (χ3n) is 3.56. The Morgan fingerprint density at radius 1 is 1.08 bits per heavy atom. The molecule has 0 saturated carbocycles. The second kappa shape index (κ2) is 8.17. The van der Waals surface area contributed by atoms with Crippen LogP contribution in [0.2, 0.25) is 0 Å². The Labute approximate surface area is 149 Å². The van der Waals surface area contributed by atoms with Crippen LogP contribution in [0.25, 0.3) is 11.3 Å². The maximum Gasteiger partial charge on any atom is 0.220 e. The third-order valence-corrected chi connectivity index (χ3v) is 5.29. The van der Waals surface area contributed by atoms with E-state index in [2.05, 4.69) is 15.3 Å². The van der Waals surface area contributed by atoms with Crippen molar-refractivity contribution in [2.75, 3.05) is 6.54 Å². The molecule has 0 aliphatic carbocycles. The van der Waals surface area contributed by atoms with Gasteiger partial charge in [0.2, 0.25) is 5.91 Å². The van der Waals surface area contributed by atoms with Gasteiger partial charge in [-0.15, -0.1) is 22.7 Å². The highest BCUT2D eigenvalue weighted by Crippen LogP contribution is 2.22. The lowest BCUT2D eigenvalue weighted by molar-refractivity contribution is -0.121. The Kier molecular flexibility index (Phi) is 5.72. The first-order valence-electron chi connectivity index (χ1n) is 7.88. The van der Waals surface area contributed by atoms with Crippen LogP contribution in [0.1, 0.15) is 22.1 Å². The van der Waals surface area contributed by atoms with Crippen LogP contribution < -0.4 is 5.32 Å². The molecule has 0 aliphatic heterocycles. The zero-order valence-electron chi connectivity index (χ0n) is 13.5. The van der Waals surface area contributed by atoms with Gasteiger partial charge >= 0.3 is 0 Å². The lowest BCUT2D eigenvalue weighted by Gasteiger charge is -2.03. The fourth-order valence-corrected chi connectivity index (χ4v) is 3.78. The van der Waals surface area contributed by atoms with Crippen molar-refractivity contribution >= 4 is 28.6 Å². The van der Waals surface area contributed by atoms with Crippen LogP contribution in [-0.4, -0.2) is 22.4 Å². The number of hydrogen-bond donors (Lipinski definition) is 1. The minimum absolute atomic E-state index is 0.0680. The predicted molar refractivity (Wildman–Crippen MR) is 99.4 cm³/mol. The summed E-state index contributed by atoms with van der Waals surface area (Å²) in [7, 11) is 0.